The van der Waals surface area contributed by atoms with Gasteiger partial charge in [0.15, 0.2) is 0 Å². The first kappa shape index (κ1) is 16.3. The zero-order chi connectivity index (χ0) is 14.4. The number of hydrogen-bond donors (Lipinski definition) is 2. The van der Waals surface area contributed by atoms with Crippen molar-refractivity contribution in [2.45, 2.75) is 38.7 Å². The van der Waals surface area contributed by atoms with E-state index in [-0.39, 0.29) is 18.3 Å². The second kappa shape index (κ2) is 7.76. The standard InChI is InChI=1S/C14H20O4.W/c1-3-18-14(17)13(16)12-7-5-4-6-11(9-12)8-10(2)15;/h8,12-13,15-16H,2-7H2,1H3;. The summed E-state index contributed by atoms with van der Waals surface area (Å²) in [4.78, 5) is 11.7. The summed E-state index contributed by atoms with van der Waals surface area (Å²) in [6.07, 6.45) is 4.09. The van der Waals surface area contributed by atoms with E-state index < -0.39 is 12.1 Å². The number of carbonyl (C=O) groups is 1. The molecule has 0 spiro atoms. The molecule has 1 aliphatic rings. The molecule has 0 aromatic heterocycles. The molecule has 0 bridgehead atoms. The first-order valence-electron chi connectivity index (χ1n) is 6.44. The van der Waals surface area contributed by atoms with E-state index in [0.717, 1.165) is 35.2 Å². The zero-order valence-corrected chi connectivity index (χ0v) is 14.0. The molecule has 1 fully saturated rings. The van der Waals surface area contributed by atoms with Crippen LogP contribution in [0.5, 0.6) is 0 Å². The third kappa shape index (κ3) is 4.70. The van der Waals surface area contributed by atoms with Gasteiger partial charge in [0, 0.05) is 0 Å². The Morgan fingerprint density at radius 1 is 1.63 bits per heavy atom. The van der Waals surface area contributed by atoms with Crippen molar-refractivity contribution >= 4 is 9.87 Å². The minimum atomic E-state index is -1.11. The van der Waals surface area contributed by atoms with Gasteiger partial charge in [-0.25, -0.2) is 0 Å². The zero-order valence-electron chi connectivity index (χ0n) is 11.1. The van der Waals surface area contributed by atoms with Crippen molar-refractivity contribution in [1.29, 1.82) is 0 Å². The molecule has 0 amide bonds. The first-order valence-corrected chi connectivity index (χ1v) is 7.91. The van der Waals surface area contributed by atoms with Gasteiger partial charge in [-0.2, -0.15) is 0 Å². The van der Waals surface area contributed by atoms with Crippen LogP contribution in [0.3, 0.4) is 0 Å². The van der Waals surface area contributed by atoms with Crippen molar-refractivity contribution in [3.63, 3.8) is 0 Å². The summed E-state index contributed by atoms with van der Waals surface area (Å²) in [6.45, 7) is 5.46. The molecule has 5 heteroatoms. The number of rotatable bonds is 4. The van der Waals surface area contributed by atoms with Crippen LogP contribution < -0.4 is 0 Å². The predicted octanol–water partition coefficient (Wildman–Crippen LogP) is 1.82. The Morgan fingerprint density at radius 3 is 2.89 bits per heavy atom. The average molecular weight is 436 g/mol. The van der Waals surface area contributed by atoms with Crippen LogP contribution in [0.1, 0.15) is 32.6 Å². The van der Waals surface area contributed by atoms with Crippen LogP contribution >= 0.6 is 0 Å². The van der Waals surface area contributed by atoms with E-state index in [0.29, 0.717) is 0 Å². The molecule has 2 unspecified atom stereocenters. The van der Waals surface area contributed by atoms with Crippen LogP contribution in [0.2, 0.25) is 0 Å². The van der Waals surface area contributed by atoms with Crippen LogP contribution in [0.4, 0.5) is 0 Å². The van der Waals surface area contributed by atoms with Gasteiger partial charge in [0.1, 0.15) is 0 Å². The Balaban J connectivity index is 2.90. The quantitative estimate of drug-likeness (QED) is 0.401. The molecule has 19 heavy (non-hydrogen) atoms. The minimum absolute atomic E-state index is 0.0139. The summed E-state index contributed by atoms with van der Waals surface area (Å²) in [5.74, 6) is -0.752. The van der Waals surface area contributed by atoms with E-state index in [1.165, 1.54) is 19.4 Å². The molecular formula is C14H20O4W. The van der Waals surface area contributed by atoms with Gasteiger partial charge in [-0.15, -0.1) is 0 Å². The summed E-state index contributed by atoms with van der Waals surface area (Å²) >= 11 is 1.21. The van der Waals surface area contributed by atoms with Crippen molar-refractivity contribution in [3.05, 3.63) is 24.0 Å². The van der Waals surface area contributed by atoms with Gasteiger partial charge >= 0.3 is 124 Å². The fourth-order valence-electron chi connectivity index (χ4n) is 2.21. The first-order chi connectivity index (χ1) is 8.97. The van der Waals surface area contributed by atoms with E-state index in [4.69, 9.17) is 4.74 Å². The van der Waals surface area contributed by atoms with E-state index in [2.05, 4.69) is 6.58 Å². The van der Waals surface area contributed by atoms with Crippen LogP contribution in [-0.2, 0) is 28.9 Å². The third-order valence-corrected chi connectivity index (χ3v) is 5.14. The average Bonchev–Trinajstić information content (AvgIpc) is 2.51. The summed E-state index contributed by atoms with van der Waals surface area (Å²) in [5, 5.41) is 19.4. The second-order valence-electron chi connectivity index (χ2n) is 4.57. The van der Waals surface area contributed by atoms with Gasteiger partial charge in [0.25, 0.3) is 0 Å². The molecule has 0 aromatic carbocycles. The second-order valence-corrected chi connectivity index (χ2v) is 6.15. The van der Waals surface area contributed by atoms with Gasteiger partial charge in [0.05, 0.1) is 0 Å². The van der Waals surface area contributed by atoms with Crippen LogP contribution in [0.25, 0.3) is 0 Å². The molecule has 0 aliphatic heterocycles. The Bertz CT molecular complexity index is 400. The van der Waals surface area contributed by atoms with Crippen LogP contribution in [-0.4, -0.2) is 32.8 Å². The number of ether oxygens (including phenoxy) is 1. The number of aliphatic hydroxyl groups is 2. The number of carbonyl (C=O) groups excluding carboxylic acids is 1. The van der Waals surface area contributed by atoms with Crippen molar-refractivity contribution in [2.75, 3.05) is 6.61 Å². The van der Waals surface area contributed by atoms with Gasteiger partial charge < -0.3 is 0 Å². The van der Waals surface area contributed by atoms with E-state index in [1.807, 2.05) is 0 Å². The summed E-state index contributed by atoms with van der Waals surface area (Å²) in [5.41, 5.74) is 0.994. The number of allylic oxidation sites excluding steroid dienone is 2. The SMILES string of the molecule is C=C(O)C=C1CCCCC(C(O)C(=O)OCC)[C]1=[W]. The molecule has 2 N–H and O–H groups in total. The molecule has 0 heterocycles. The van der Waals surface area contributed by atoms with Gasteiger partial charge in [0.2, 0.25) is 0 Å². The van der Waals surface area contributed by atoms with Crippen molar-refractivity contribution < 1.29 is 39.1 Å². The Morgan fingerprint density at radius 2 is 2.32 bits per heavy atom. The molecule has 0 aromatic rings. The van der Waals surface area contributed by atoms with Crippen molar-refractivity contribution in [1.82, 2.24) is 0 Å². The normalized spacial score (nSPS) is 23.8. The van der Waals surface area contributed by atoms with Gasteiger partial charge in [-0.05, 0) is 0 Å². The van der Waals surface area contributed by atoms with E-state index >= 15 is 0 Å². The topological polar surface area (TPSA) is 66.8 Å². The molecule has 1 aliphatic carbocycles. The maximum absolute atomic E-state index is 11.7. The third-order valence-electron chi connectivity index (χ3n) is 3.11. The Hall–Kier alpha value is -0.732. The van der Waals surface area contributed by atoms with Crippen molar-refractivity contribution in [3.8, 4) is 0 Å². The Labute approximate surface area is 124 Å². The molecular weight excluding hydrogens is 416 g/mol. The molecule has 4 nitrogen and oxygen atoms in total. The molecule has 2 atom stereocenters. The molecule has 1 saturated carbocycles. The van der Waals surface area contributed by atoms with Crippen LogP contribution in [0.15, 0.2) is 24.0 Å². The van der Waals surface area contributed by atoms with Gasteiger partial charge in [-0.1, -0.05) is 0 Å². The fraction of sp³-hybridized carbons (Fsp3) is 0.571. The molecule has 106 valence electrons. The van der Waals surface area contributed by atoms with E-state index in [1.54, 1.807) is 13.0 Å². The number of esters is 1. The van der Waals surface area contributed by atoms with Crippen molar-refractivity contribution in [2.24, 2.45) is 5.92 Å². The summed E-state index contributed by atoms with van der Waals surface area (Å²) in [6, 6.07) is 0. The molecule has 0 saturated heterocycles. The monoisotopic (exact) mass is 436 g/mol. The molecule has 0 radical (unpaired) electrons. The van der Waals surface area contributed by atoms with E-state index in [9.17, 15) is 15.0 Å². The summed E-state index contributed by atoms with van der Waals surface area (Å²) in [7, 11) is 0. The molecule has 1 rings (SSSR count). The van der Waals surface area contributed by atoms with Gasteiger partial charge in [-0.3, -0.25) is 0 Å². The van der Waals surface area contributed by atoms with Crippen LogP contribution in [0, 0.1) is 5.92 Å². The Kier molecular flexibility index (Phi) is 6.67. The number of hydrogen-bond acceptors (Lipinski definition) is 4. The fourth-order valence-corrected chi connectivity index (χ4v) is 3.67. The summed E-state index contributed by atoms with van der Waals surface area (Å²) < 4.78 is 5.90. The predicted molar refractivity (Wildman–Crippen MR) is 69.5 cm³/mol. The maximum atomic E-state index is 11.7. The number of aliphatic hydroxyl groups excluding tert-OH is 2.